The second kappa shape index (κ2) is 15.8. The molecule has 1 aromatic heterocycles. The van der Waals surface area contributed by atoms with Crippen LogP contribution in [0.2, 0.25) is 0 Å². The first-order valence-corrected chi connectivity index (χ1v) is 16.6. The number of pyridine rings is 1. The van der Waals surface area contributed by atoms with Gasteiger partial charge < -0.3 is 30.4 Å². The highest BCUT2D eigenvalue weighted by Gasteiger charge is 2.32. The highest BCUT2D eigenvalue weighted by molar-refractivity contribution is 7.99. The molecule has 0 unspecified atom stereocenters. The predicted molar refractivity (Wildman–Crippen MR) is 182 cm³/mol. The highest BCUT2D eigenvalue weighted by Crippen LogP contribution is 2.39. The van der Waals surface area contributed by atoms with Crippen LogP contribution in [0.25, 0.3) is 11.1 Å². The quantitative estimate of drug-likeness (QED) is 0.0826. The van der Waals surface area contributed by atoms with Crippen LogP contribution in [0.4, 0.5) is 4.79 Å². The number of thioether (sulfide) groups is 1. The molecule has 9 heteroatoms. The summed E-state index contributed by atoms with van der Waals surface area (Å²) in [5.74, 6) is 0.592. The van der Waals surface area contributed by atoms with Crippen molar-refractivity contribution < 1.29 is 24.1 Å². The lowest BCUT2D eigenvalue weighted by atomic mass is 9.98. The molecule has 3 N–H and O–H groups in total. The second-order valence-electron chi connectivity index (χ2n) is 11.3. The summed E-state index contributed by atoms with van der Waals surface area (Å²) >= 11 is 1.47. The zero-order valence-corrected chi connectivity index (χ0v) is 26.6. The Balaban J connectivity index is 1.15. The monoisotopic (exact) mass is 647 g/mol. The number of aliphatic hydroxyl groups is 1. The van der Waals surface area contributed by atoms with E-state index in [1.807, 2.05) is 115 Å². The number of aromatic nitrogens is 1. The van der Waals surface area contributed by atoms with Gasteiger partial charge in [0.25, 0.3) is 5.03 Å². The molecular formula is C38H37N3O5S. The minimum absolute atomic E-state index is 0.0178. The van der Waals surface area contributed by atoms with Crippen LogP contribution in [0.1, 0.15) is 46.6 Å². The van der Waals surface area contributed by atoms with Gasteiger partial charge in [-0.3, -0.25) is 0 Å². The number of benzene rings is 4. The summed E-state index contributed by atoms with van der Waals surface area (Å²) in [5, 5.41) is 28.3. The number of aliphatic hydroxyl groups excluding tert-OH is 1. The Morgan fingerprint density at radius 3 is 2.26 bits per heavy atom. The topological polar surface area (TPSA) is 107 Å². The molecule has 5 aromatic rings. The number of rotatable bonds is 11. The number of urea groups is 1. The fraction of sp³-hybridized carbons (Fsp3) is 0.211. The van der Waals surface area contributed by atoms with Gasteiger partial charge in [0.2, 0.25) is 0 Å². The average Bonchev–Trinajstić information content (AvgIpc) is 3.13. The lowest BCUT2D eigenvalue weighted by Gasteiger charge is -2.36. The predicted octanol–water partition coefficient (Wildman–Crippen LogP) is 6.82. The minimum atomic E-state index is -0.605. The molecule has 4 aromatic carbocycles. The van der Waals surface area contributed by atoms with Crippen molar-refractivity contribution in [2.24, 2.45) is 0 Å². The third-order valence-electron chi connectivity index (χ3n) is 8.07. The van der Waals surface area contributed by atoms with Gasteiger partial charge in [0.15, 0.2) is 12.5 Å². The van der Waals surface area contributed by atoms with E-state index in [1.54, 1.807) is 6.07 Å². The second-order valence-corrected chi connectivity index (χ2v) is 12.4. The summed E-state index contributed by atoms with van der Waals surface area (Å²) in [6, 6.07) is 38.9. The fourth-order valence-electron chi connectivity index (χ4n) is 5.52. The first kappa shape index (κ1) is 32.3. The third-order valence-corrected chi connectivity index (χ3v) is 9.22. The van der Waals surface area contributed by atoms with Crippen LogP contribution in [0.3, 0.4) is 0 Å². The van der Waals surface area contributed by atoms with Crippen molar-refractivity contribution in [3.63, 3.8) is 0 Å². The zero-order valence-electron chi connectivity index (χ0n) is 25.8. The Bertz CT molecular complexity index is 1750. The molecule has 1 saturated heterocycles. The lowest BCUT2D eigenvalue weighted by molar-refractivity contribution is -0.645. The Kier molecular flexibility index (Phi) is 10.8. The number of amides is 2. The van der Waals surface area contributed by atoms with Crippen LogP contribution >= 0.6 is 11.8 Å². The van der Waals surface area contributed by atoms with E-state index in [0.29, 0.717) is 30.3 Å². The van der Waals surface area contributed by atoms with Crippen molar-refractivity contribution in [1.29, 1.82) is 0 Å². The maximum atomic E-state index is 12.5. The van der Waals surface area contributed by atoms with E-state index in [2.05, 4.69) is 10.6 Å². The molecule has 1 aliphatic rings. The normalized spacial score (nSPS) is 17.6. The van der Waals surface area contributed by atoms with E-state index in [4.69, 9.17) is 9.47 Å². The largest absolute Gasteiger partial charge is 0.618 e. The summed E-state index contributed by atoms with van der Waals surface area (Å²) < 4.78 is 13.9. The molecule has 3 atom stereocenters. The molecule has 0 saturated carbocycles. The molecule has 0 aliphatic carbocycles. The summed E-state index contributed by atoms with van der Waals surface area (Å²) in [7, 11) is 0. The highest BCUT2D eigenvalue weighted by atomic mass is 32.2. The van der Waals surface area contributed by atoms with Gasteiger partial charge in [0.1, 0.15) is 0 Å². The number of carbonyl (C=O) groups excluding carboxylic acids is 1. The van der Waals surface area contributed by atoms with Crippen LogP contribution in [0, 0.1) is 5.21 Å². The van der Waals surface area contributed by atoms with Crippen LogP contribution < -0.4 is 15.4 Å². The molecule has 2 heterocycles. The van der Waals surface area contributed by atoms with Gasteiger partial charge in [-0.2, -0.15) is 4.73 Å². The van der Waals surface area contributed by atoms with E-state index < -0.39 is 6.29 Å². The Labute approximate surface area is 279 Å². The van der Waals surface area contributed by atoms with E-state index in [-0.39, 0.29) is 24.8 Å². The first-order valence-electron chi connectivity index (χ1n) is 15.6. The van der Waals surface area contributed by atoms with E-state index in [9.17, 15) is 15.1 Å². The van der Waals surface area contributed by atoms with Crippen LogP contribution in [0.15, 0.2) is 133 Å². The van der Waals surface area contributed by atoms with Crippen molar-refractivity contribution in [1.82, 2.24) is 10.6 Å². The first-order chi connectivity index (χ1) is 23.1. The summed E-state index contributed by atoms with van der Waals surface area (Å²) in [5.41, 5.74) is 6.81. The molecular weight excluding hydrogens is 611 g/mol. The van der Waals surface area contributed by atoms with Crippen molar-refractivity contribution >= 4 is 17.8 Å². The number of ether oxygens (including phenoxy) is 2. The maximum absolute atomic E-state index is 12.5. The number of nitrogens with zero attached hydrogens (tertiary/aromatic N) is 1. The minimum Gasteiger partial charge on any atom is -0.618 e. The molecule has 6 rings (SSSR count). The fourth-order valence-corrected chi connectivity index (χ4v) is 6.45. The Morgan fingerprint density at radius 1 is 0.787 bits per heavy atom. The molecule has 0 spiro atoms. The lowest BCUT2D eigenvalue weighted by Crippen LogP contribution is -2.34. The molecule has 47 heavy (non-hydrogen) atoms. The van der Waals surface area contributed by atoms with Crippen molar-refractivity contribution in [3.8, 4) is 11.1 Å². The van der Waals surface area contributed by atoms with E-state index >= 15 is 0 Å². The molecule has 1 aliphatic heterocycles. The number of hydrogen-bond donors (Lipinski definition) is 3. The maximum Gasteiger partial charge on any atom is 0.315 e. The van der Waals surface area contributed by atoms with Gasteiger partial charge in [0, 0.05) is 43.0 Å². The Hall–Kier alpha value is -4.67. The van der Waals surface area contributed by atoms with Crippen molar-refractivity contribution in [2.75, 3.05) is 5.75 Å². The molecule has 8 nitrogen and oxygen atoms in total. The van der Waals surface area contributed by atoms with Gasteiger partial charge in [0.05, 0.1) is 18.8 Å². The van der Waals surface area contributed by atoms with Crippen LogP contribution in [-0.4, -0.2) is 23.0 Å². The van der Waals surface area contributed by atoms with Gasteiger partial charge in [-0.25, -0.2) is 4.79 Å². The van der Waals surface area contributed by atoms with E-state index in [0.717, 1.165) is 43.7 Å². The molecule has 2 amide bonds. The summed E-state index contributed by atoms with van der Waals surface area (Å²) in [6.45, 7) is 0.824. The summed E-state index contributed by atoms with van der Waals surface area (Å²) in [4.78, 5) is 12.5. The smallest absolute Gasteiger partial charge is 0.315 e. The third kappa shape index (κ3) is 8.58. The Morgan fingerprint density at radius 2 is 1.49 bits per heavy atom. The number of carbonyl (C=O) groups is 1. The summed E-state index contributed by atoms with van der Waals surface area (Å²) in [6.07, 6.45) is 1.14. The molecule has 1 fully saturated rings. The van der Waals surface area contributed by atoms with Gasteiger partial charge in [-0.05, 0) is 39.4 Å². The average molecular weight is 648 g/mol. The zero-order chi connectivity index (χ0) is 32.4. The van der Waals surface area contributed by atoms with Gasteiger partial charge in [-0.15, -0.1) is 0 Å². The van der Waals surface area contributed by atoms with Crippen LogP contribution in [0.5, 0.6) is 0 Å². The molecule has 0 radical (unpaired) electrons. The van der Waals surface area contributed by atoms with Crippen molar-refractivity contribution in [3.05, 3.63) is 161 Å². The molecule has 0 bridgehead atoms. The van der Waals surface area contributed by atoms with Gasteiger partial charge >= 0.3 is 6.03 Å². The number of hydrogen-bond acceptors (Lipinski definition) is 6. The van der Waals surface area contributed by atoms with Crippen molar-refractivity contribution in [2.45, 2.75) is 49.6 Å². The van der Waals surface area contributed by atoms with Crippen LogP contribution in [-0.2, 0) is 29.2 Å². The standard InChI is InChI=1S/C38H37N3O5S/c42-25-28-13-15-30(16-14-28)35-22-33(26-47-36-12-6-7-21-41(36)44)45-37(46-35)31-19-17-29(18-20-31)34-11-5-4-10-32(34)24-40-38(43)39-23-27-8-2-1-3-9-27/h1-21,33,35,37,42H,22-26H2,(H2,39,40,43)/t33-,35+,37+/m1/s1. The van der Waals surface area contributed by atoms with Gasteiger partial charge in [-0.1, -0.05) is 115 Å². The molecule has 240 valence electrons. The number of nitrogens with one attached hydrogen (secondary N) is 2. The van der Waals surface area contributed by atoms with E-state index in [1.165, 1.54) is 18.0 Å². The SMILES string of the molecule is O=C(NCc1ccccc1)NCc1ccccc1-c1ccc([C@H]2O[C@@H](CSc3cccc[n+]3[O-])C[C@@H](c3ccc(CO)cc3)O2)cc1.